The summed E-state index contributed by atoms with van der Waals surface area (Å²) in [5, 5.41) is 0. The minimum atomic E-state index is -0.268. The van der Waals surface area contributed by atoms with Gasteiger partial charge in [-0.1, -0.05) is 60.4 Å². The highest BCUT2D eigenvalue weighted by molar-refractivity contribution is 5.98. The smallest absolute Gasteiger partial charge is 0.339 e. The maximum absolute atomic E-state index is 12.9. The van der Waals surface area contributed by atoms with Crippen molar-refractivity contribution in [3.8, 4) is 23.0 Å². The van der Waals surface area contributed by atoms with Crippen LogP contribution in [0.15, 0.2) is 66.7 Å². The van der Waals surface area contributed by atoms with E-state index < -0.39 is 0 Å². The summed E-state index contributed by atoms with van der Waals surface area (Å²) in [6.07, 6.45) is 2.96. The van der Waals surface area contributed by atoms with Crippen LogP contribution in [-0.4, -0.2) is 12.6 Å². The summed E-state index contributed by atoms with van der Waals surface area (Å²) in [6, 6.07) is 22.3. The molecule has 0 amide bonds. The van der Waals surface area contributed by atoms with Gasteiger partial charge in [-0.2, -0.15) is 0 Å². The quantitative estimate of drug-likeness (QED) is 0.457. The highest BCUT2D eigenvalue weighted by Crippen LogP contribution is 2.35. The van der Waals surface area contributed by atoms with Crippen molar-refractivity contribution in [2.45, 2.75) is 26.2 Å². The van der Waals surface area contributed by atoms with Gasteiger partial charge in [-0.05, 0) is 66.6 Å². The first kappa shape index (κ1) is 18.1. The van der Waals surface area contributed by atoms with Gasteiger partial charge in [0, 0.05) is 11.1 Å². The van der Waals surface area contributed by atoms with Crippen molar-refractivity contribution in [3.63, 3.8) is 0 Å². The van der Waals surface area contributed by atoms with Gasteiger partial charge in [0.25, 0.3) is 0 Å². The van der Waals surface area contributed by atoms with E-state index in [1.807, 2.05) is 55.5 Å². The number of carbonyl (C=O) groups is 1. The molecule has 138 valence electrons. The van der Waals surface area contributed by atoms with E-state index in [0.717, 1.165) is 47.1 Å². The lowest BCUT2D eigenvalue weighted by Crippen LogP contribution is -2.12. The van der Waals surface area contributed by atoms with Crippen LogP contribution in [0.25, 0.3) is 11.1 Å². The third-order valence-corrected chi connectivity index (χ3v) is 5.07. The second kappa shape index (κ2) is 8.15. The third-order valence-electron chi connectivity index (χ3n) is 5.07. The fourth-order valence-electron chi connectivity index (χ4n) is 3.80. The lowest BCUT2D eigenvalue weighted by Gasteiger charge is -2.15. The summed E-state index contributed by atoms with van der Waals surface area (Å²) in [5.41, 5.74) is 6.78. The number of rotatable bonds is 3. The Labute approximate surface area is 166 Å². The molecule has 2 nitrogen and oxygen atoms in total. The number of hydrogen-bond donors (Lipinski definition) is 0. The molecule has 2 heteroatoms. The maximum atomic E-state index is 12.9. The number of ether oxygens (including phenoxy) is 1. The monoisotopic (exact) mass is 366 g/mol. The normalized spacial score (nSPS) is 12.0. The zero-order valence-electron chi connectivity index (χ0n) is 16.0. The van der Waals surface area contributed by atoms with Crippen molar-refractivity contribution in [2.75, 3.05) is 6.61 Å². The predicted octanol–water partition coefficient (Wildman–Crippen LogP) is 5.42. The molecular formula is C26H22O2. The SMILES string of the molecule is CCOC(=O)c1c(C#Cc2ccccc2)c(-c2ccccc2)cc2c1CCC2. The molecule has 3 aromatic rings. The predicted molar refractivity (Wildman–Crippen MR) is 112 cm³/mol. The van der Waals surface area contributed by atoms with Crippen LogP contribution in [-0.2, 0) is 17.6 Å². The fraction of sp³-hybridized carbons (Fsp3) is 0.192. The Kier molecular flexibility index (Phi) is 5.26. The topological polar surface area (TPSA) is 26.3 Å². The van der Waals surface area contributed by atoms with Crippen molar-refractivity contribution in [1.82, 2.24) is 0 Å². The lowest BCUT2D eigenvalue weighted by atomic mass is 9.89. The Hall–Kier alpha value is -3.31. The van der Waals surface area contributed by atoms with Gasteiger partial charge < -0.3 is 4.74 Å². The number of aryl methyl sites for hydroxylation is 1. The number of esters is 1. The Balaban J connectivity index is 1.97. The highest BCUT2D eigenvalue weighted by Gasteiger charge is 2.26. The number of benzene rings is 3. The third kappa shape index (κ3) is 3.57. The molecule has 1 aliphatic carbocycles. The summed E-state index contributed by atoms with van der Waals surface area (Å²) in [4.78, 5) is 12.9. The van der Waals surface area contributed by atoms with Crippen molar-refractivity contribution in [3.05, 3.63) is 94.5 Å². The fourth-order valence-corrected chi connectivity index (χ4v) is 3.80. The molecule has 0 fully saturated rings. The van der Waals surface area contributed by atoms with Crippen LogP contribution in [0.3, 0.4) is 0 Å². The van der Waals surface area contributed by atoms with Crippen LogP contribution >= 0.6 is 0 Å². The van der Waals surface area contributed by atoms with Crippen molar-refractivity contribution in [1.29, 1.82) is 0 Å². The number of carbonyl (C=O) groups excluding carboxylic acids is 1. The summed E-state index contributed by atoms with van der Waals surface area (Å²) < 4.78 is 5.43. The average molecular weight is 366 g/mol. The number of fused-ring (bicyclic) bond motifs is 1. The van der Waals surface area contributed by atoms with Gasteiger partial charge in [-0.25, -0.2) is 4.79 Å². The minimum Gasteiger partial charge on any atom is -0.462 e. The molecule has 3 aromatic carbocycles. The van der Waals surface area contributed by atoms with Gasteiger partial charge in [0.1, 0.15) is 0 Å². The Morgan fingerprint density at radius 2 is 1.68 bits per heavy atom. The molecule has 0 radical (unpaired) electrons. The molecule has 0 saturated carbocycles. The molecule has 0 aromatic heterocycles. The molecule has 4 rings (SSSR count). The second-order valence-electron chi connectivity index (χ2n) is 6.87. The van der Waals surface area contributed by atoms with Gasteiger partial charge in [0.15, 0.2) is 0 Å². The van der Waals surface area contributed by atoms with E-state index in [9.17, 15) is 4.79 Å². The first-order valence-corrected chi connectivity index (χ1v) is 9.76. The van der Waals surface area contributed by atoms with E-state index in [4.69, 9.17) is 4.74 Å². The molecule has 0 atom stereocenters. The second-order valence-corrected chi connectivity index (χ2v) is 6.87. The van der Waals surface area contributed by atoms with Crippen LogP contribution in [0.4, 0.5) is 0 Å². The molecule has 0 aliphatic heterocycles. The van der Waals surface area contributed by atoms with Crippen LogP contribution in [0.2, 0.25) is 0 Å². The molecule has 0 saturated heterocycles. The van der Waals surface area contributed by atoms with E-state index in [0.29, 0.717) is 12.2 Å². The van der Waals surface area contributed by atoms with Crippen molar-refractivity contribution < 1.29 is 9.53 Å². The van der Waals surface area contributed by atoms with Crippen LogP contribution < -0.4 is 0 Å². The summed E-state index contributed by atoms with van der Waals surface area (Å²) in [5.74, 6) is 6.29. The van der Waals surface area contributed by atoms with Gasteiger partial charge in [-0.3, -0.25) is 0 Å². The van der Waals surface area contributed by atoms with Gasteiger partial charge in [0.2, 0.25) is 0 Å². The highest BCUT2D eigenvalue weighted by atomic mass is 16.5. The zero-order valence-corrected chi connectivity index (χ0v) is 16.0. The van der Waals surface area contributed by atoms with E-state index in [1.54, 1.807) is 0 Å². The van der Waals surface area contributed by atoms with Gasteiger partial charge >= 0.3 is 5.97 Å². The Morgan fingerprint density at radius 1 is 0.964 bits per heavy atom. The molecule has 0 N–H and O–H groups in total. The molecular weight excluding hydrogens is 344 g/mol. The Morgan fingerprint density at radius 3 is 2.39 bits per heavy atom. The van der Waals surface area contributed by atoms with E-state index in [1.165, 1.54) is 5.56 Å². The van der Waals surface area contributed by atoms with Gasteiger partial charge in [-0.15, -0.1) is 0 Å². The van der Waals surface area contributed by atoms with E-state index >= 15 is 0 Å². The average Bonchev–Trinajstić information content (AvgIpc) is 3.21. The van der Waals surface area contributed by atoms with E-state index in [2.05, 4.69) is 30.0 Å². The van der Waals surface area contributed by atoms with E-state index in [-0.39, 0.29) is 5.97 Å². The minimum absolute atomic E-state index is 0.268. The van der Waals surface area contributed by atoms with Crippen LogP contribution in [0.1, 0.15) is 46.0 Å². The van der Waals surface area contributed by atoms with Gasteiger partial charge in [0.05, 0.1) is 12.2 Å². The van der Waals surface area contributed by atoms with Crippen LogP contribution in [0, 0.1) is 11.8 Å². The molecule has 0 bridgehead atoms. The molecule has 28 heavy (non-hydrogen) atoms. The largest absolute Gasteiger partial charge is 0.462 e. The molecule has 0 spiro atoms. The van der Waals surface area contributed by atoms with Crippen LogP contribution in [0.5, 0.6) is 0 Å². The lowest BCUT2D eigenvalue weighted by molar-refractivity contribution is 0.0525. The molecule has 0 unspecified atom stereocenters. The standard InChI is InChI=1S/C26H22O2/c1-2-28-26(27)25-22-15-9-14-21(22)18-24(20-12-7-4-8-13-20)23(25)17-16-19-10-5-3-6-11-19/h3-8,10-13,18H,2,9,14-15H2,1H3. The first-order valence-electron chi connectivity index (χ1n) is 9.76. The molecule has 0 heterocycles. The van der Waals surface area contributed by atoms with Crippen molar-refractivity contribution >= 4 is 5.97 Å². The summed E-state index contributed by atoms with van der Waals surface area (Å²) >= 11 is 0. The molecule has 1 aliphatic rings. The Bertz CT molecular complexity index is 1050. The summed E-state index contributed by atoms with van der Waals surface area (Å²) in [6.45, 7) is 2.20. The maximum Gasteiger partial charge on any atom is 0.339 e. The first-order chi connectivity index (χ1) is 13.8. The number of hydrogen-bond acceptors (Lipinski definition) is 2. The van der Waals surface area contributed by atoms with Crippen molar-refractivity contribution in [2.24, 2.45) is 0 Å². The zero-order chi connectivity index (χ0) is 19.3. The summed E-state index contributed by atoms with van der Waals surface area (Å²) in [7, 11) is 0.